The summed E-state index contributed by atoms with van der Waals surface area (Å²) in [5, 5.41) is 14.8. The van der Waals surface area contributed by atoms with Crippen LogP contribution in [0.2, 0.25) is 0 Å². The number of amides is 3. The van der Waals surface area contributed by atoms with Gasteiger partial charge in [-0.3, -0.25) is 14.4 Å². The van der Waals surface area contributed by atoms with Gasteiger partial charge in [0.05, 0.1) is 16.8 Å². The van der Waals surface area contributed by atoms with E-state index in [0.29, 0.717) is 50.2 Å². The Balaban J connectivity index is 1.88. The quantitative estimate of drug-likeness (QED) is 0.286. The van der Waals surface area contributed by atoms with Gasteiger partial charge in [0.25, 0.3) is 5.91 Å². The van der Waals surface area contributed by atoms with Crippen molar-refractivity contribution in [1.29, 1.82) is 0 Å². The number of ether oxygens (including phenoxy) is 1. The number of nitrogens with one attached hydrogen (secondary N) is 3. The first-order chi connectivity index (χ1) is 19.0. The number of aliphatic hydroxyl groups excluding tert-OH is 1. The highest BCUT2D eigenvalue weighted by atomic mass is 19.4. The second-order valence-electron chi connectivity index (χ2n) is 10.1. The number of carbonyl (C=O) groups is 3. The van der Waals surface area contributed by atoms with Gasteiger partial charge in [-0.2, -0.15) is 13.2 Å². The molecule has 3 amide bonds. The molecule has 13 heteroatoms. The third kappa shape index (κ3) is 8.09. The first kappa shape index (κ1) is 31.2. The van der Waals surface area contributed by atoms with Gasteiger partial charge in [0.15, 0.2) is 12.4 Å². The van der Waals surface area contributed by atoms with Gasteiger partial charge in [0.2, 0.25) is 11.8 Å². The van der Waals surface area contributed by atoms with Crippen molar-refractivity contribution in [3.05, 3.63) is 17.5 Å². The van der Waals surface area contributed by atoms with Crippen LogP contribution < -0.4 is 15.4 Å². The SMILES string of the molecule is CCCCCC(C)C(=O)Nc1cc2c(OCC(F)(F)F)c(C(=O)NC3CCN(C(=O)CO)CC3)[nH]c2nc1CC. The molecular formula is C27H38F3N5O5. The van der Waals surface area contributed by atoms with E-state index < -0.39 is 31.2 Å². The molecule has 0 radical (unpaired) electrons. The number of hydrogen-bond donors (Lipinski definition) is 4. The zero-order chi connectivity index (χ0) is 29.4. The maximum atomic E-state index is 13.2. The number of carbonyl (C=O) groups excluding carboxylic acids is 3. The molecule has 1 aliphatic heterocycles. The maximum Gasteiger partial charge on any atom is 0.422 e. The molecule has 0 spiro atoms. The van der Waals surface area contributed by atoms with Crippen LogP contribution in [0.4, 0.5) is 18.9 Å². The van der Waals surface area contributed by atoms with E-state index in [2.05, 4.69) is 27.5 Å². The number of likely N-dealkylation sites (tertiary alicyclic amines) is 1. The van der Waals surface area contributed by atoms with Gasteiger partial charge in [0, 0.05) is 25.0 Å². The van der Waals surface area contributed by atoms with Gasteiger partial charge in [-0.15, -0.1) is 0 Å². The van der Waals surface area contributed by atoms with Gasteiger partial charge >= 0.3 is 6.18 Å². The van der Waals surface area contributed by atoms with E-state index in [9.17, 15) is 27.6 Å². The number of rotatable bonds is 12. The molecule has 1 atom stereocenters. The lowest BCUT2D eigenvalue weighted by molar-refractivity contribution is -0.153. The number of piperidine rings is 1. The first-order valence-electron chi connectivity index (χ1n) is 13.7. The number of anilines is 1. The smallest absolute Gasteiger partial charge is 0.422 e. The lowest BCUT2D eigenvalue weighted by atomic mass is 10.0. The number of nitrogens with zero attached hydrogens (tertiary/aromatic N) is 2. The van der Waals surface area contributed by atoms with Crippen molar-refractivity contribution in [2.24, 2.45) is 5.92 Å². The molecule has 0 saturated carbocycles. The summed E-state index contributed by atoms with van der Waals surface area (Å²) < 4.78 is 44.5. The van der Waals surface area contributed by atoms with Gasteiger partial charge in [-0.25, -0.2) is 4.98 Å². The molecule has 1 fully saturated rings. The number of aliphatic hydroxyl groups is 1. The highest BCUT2D eigenvalue weighted by Gasteiger charge is 2.32. The van der Waals surface area contributed by atoms with Crippen molar-refractivity contribution in [3.63, 3.8) is 0 Å². The third-order valence-corrected chi connectivity index (χ3v) is 7.02. The molecule has 1 saturated heterocycles. The van der Waals surface area contributed by atoms with E-state index >= 15 is 0 Å². The summed E-state index contributed by atoms with van der Waals surface area (Å²) in [5.74, 6) is -1.86. The molecule has 0 aliphatic carbocycles. The summed E-state index contributed by atoms with van der Waals surface area (Å²) in [5.41, 5.74) is 0.819. The normalized spacial score (nSPS) is 15.2. The molecule has 0 aromatic carbocycles. The standard InChI is InChI=1S/C27H38F3N5O5/c1-4-6-7-8-16(3)25(38)33-20-13-18-23(40-15-27(28,29)30)22(34-24(18)32-19(20)5-2)26(39)31-17-9-11-35(12-10-17)21(37)14-36/h13,16-17,36H,4-12,14-15H2,1-3H3,(H,31,39)(H,32,34)(H,33,38). The van der Waals surface area contributed by atoms with Crippen LogP contribution in [0.3, 0.4) is 0 Å². The molecule has 1 aliphatic rings. The molecule has 10 nitrogen and oxygen atoms in total. The Morgan fingerprint density at radius 3 is 2.52 bits per heavy atom. The number of unbranched alkanes of at least 4 members (excludes halogenated alkanes) is 2. The van der Waals surface area contributed by atoms with E-state index in [0.717, 1.165) is 19.3 Å². The largest absolute Gasteiger partial charge is 0.481 e. The lowest BCUT2D eigenvalue weighted by Crippen LogP contribution is -2.47. The number of hydrogen-bond acceptors (Lipinski definition) is 6. The zero-order valence-electron chi connectivity index (χ0n) is 23.1. The molecule has 3 heterocycles. The molecule has 1 unspecified atom stereocenters. The highest BCUT2D eigenvalue weighted by molar-refractivity contribution is 6.04. The minimum atomic E-state index is -4.65. The minimum absolute atomic E-state index is 0.142. The van der Waals surface area contributed by atoms with Crippen molar-refractivity contribution in [2.45, 2.75) is 77.9 Å². The fourth-order valence-electron chi connectivity index (χ4n) is 4.69. The Hall–Kier alpha value is -3.35. The number of H-pyrrole nitrogens is 1. The van der Waals surface area contributed by atoms with Crippen LogP contribution in [0.25, 0.3) is 11.0 Å². The maximum absolute atomic E-state index is 13.2. The number of pyridine rings is 1. The summed E-state index contributed by atoms with van der Waals surface area (Å²) in [6.45, 7) is 4.18. The third-order valence-electron chi connectivity index (χ3n) is 7.02. The predicted octanol–water partition coefficient (Wildman–Crippen LogP) is 3.93. The summed E-state index contributed by atoms with van der Waals surface area (Å²) in [7, 11) is 0. The van der Waals surface area contributed by atoms with Crippen molar-refractivity contribution < 1.29 is 37.4 Å². The predicted molar refractivity (Wildman–Crippen MR) is 143 cm³/mol. The van der Waals surface area contributed by atoms with Crippen LogP contribution in [0.15, 0.2) is 6.07 Å². The average Bonchev–Trinajstić information content (AvgIpc) is 3.28. The molecule has 2 aromatic heterocycles. The Morgan fingerprint density at radius 1 is 1.23 bits per heavy atom. The summed E-state index contributed by atoms with van der Waals surface area (Å²) in [4.78, 5) is 46.5. The molecule has 3 rings (SSSR count). The number of aryl methyl sites for hydroxylation is 1. The van der Waals surface area contributed by atoms with Gasteiger partial charge in [-0.05, 0) is 31.7 Å². The molecular weight excluding hydrogens is 531 g/mol. The van der Waals surface area contributed by atoms with E-state index in [4.69, 9.17) is 9.84 Å². The highest BCUT2D eigenvalue weighted by Crippen LogP contribution is 2.34. The average molecular weight is 570 g/mol. The zero-order valence-corrected chi connectivity index (χ0v) is 23.1. The van der Waals surface area contributed by atoms with Gasteiger partial charge in [-0.1, -0.05) is 40.0 Å². The Morgan fingerprint density at radius 2 is 1.93 bits per heavy atom. The van der Waals surface area contributed by atoms with Crippen LogP contribution in [0.1, 0.15) is 75.5 Å². The van der Waals surface area contributed by atoms with Crippen molar-refractivity contribution in [2.75, 3.05) is 31.6 Å². The van der Waals surface area contributed by atoms with Crippen molar-refractivity contribution >= 4 is 34.4 Å². The summed E-state index contributed by atoms with van der Waals surface area (Å²) >= 11 is 0. The topological polar surface area (TPSA) is 137 Å². The Labute approximate surface area is 231 Å². The van der Waals surface area contributed by atoms with Gasteiger partial charge in [0.1, 0.15) is 17.9 Å². The van der Waals surface area contributed by atoms with Gasteiger partial charge < -0.3 is 30.4 Å². The molecule has 40 heavy (non-hydrogen) atoms. The fraction of sp³-hybridized carbons (Fsp3) is 0.630. The number of aromatic nitrogens is 2. The fourth-order valence-corrected chi connectivity index (χ4v) is 4.69. The van der Waals surface area contributed by atoms with E-state index in [-0.39, 0.29) is 40.3 Å². The number of aromatic amines is 1. The summed E-state index contributed by atoms with van der Waals surface area (Å²) in [6.07, 6.45) is 0.276. The van der Waals surface area contributed by atoms with Crippen LogP contribution in [-0.2, 0) is 16.0 Å². The number of fused-ring (bicyclic) bond motifs is 1. The Kier molecular flexibility index (Phi) is 10.8. The van der Waals surface area contributed by atoms with Crippen LogP contribution in [0, 0.1) is 5.92 Å². The van der Waals surface area contributed by atoms with Crippen molar-refractivity contribution in [1.82, 2.24) is 20.2 Å². The number of halogens is 3. The molecule has 222 valence electrons. The summed E-state index contributed by atoms with van der Waals surface area (Å²) in [6, 6.07) is 1.16. The second-order valence-corrected chi connectivity index (χ2v) is 10.1. The minimum Gasteiger partial charge on any atom is -0.481 e. The van der Waals surface area contributed by atoms with E-state index in [1.807, 2.05) is 13.8 Å². The lowest BCUT2D eigenvalue weighted by Gasteiger charge is -2.32. The number of alkyl halides is 3. The first-order valence-corrected chi connectivity index (χ1v) is 13.7. The van der Waals surface area contributed by atoms with E-state index in [1.165, 1.54) is 11.0 Å². The van der Waals surface area contributed by atoms with Crippen LogP contribution in [-0.4, -0.2) is 76.2 Å². The van der Waals surface area contributed by atoms with Crippen LogP contribution in [0.5, 0.6) is 5.75 Å². The van der Waals surface area contributed by atoms with Crippen molar-refractivity contribution in [3.8, 4) is 5.75 Å². The Bertz CT molecular complexity index is 1190. The monoisotopic (exact) mass is 569 g/mol. The van der Waals surface area contributed by atoms with Crippen LogP contribution >= 0.6 is 0 Å². The van der Waals surface area contributed by atoms with E-state index in [1.54, 1.807) is 0 Å². The molecule has 0 bridgehead atoms. The second kappa shape index (κ2) is 13.8. The molecule has 2 aromatic rings. The molecule has 4 N–H and O–H groups in total.